The largest absolute Gasteiger partial charge is 0.316 e. The average molecular weight is 203 g/mol. The van der Waals surface area contributed by atoms with Gasteiger partial charge < -0.3 is 5.32 Å². The lowest BCUT2D eigenvalue weighted by Crippen LogP contribution is -2.25. The van der Waals surface area contributed by atoms with Gasteiger partial charge in [0, 0.05) is 25.8 Å². The Morgan fingerprint density at radius 2 is 2.07 bits per heavy atom. The molecule has 1 N–H and O–H groups in total. The predicted molar refractivity (Wildman–Crippen MR) is 59.4 cm³/mol. The third-order valence-corrected chi connectivity index (χ3v) is 3.58. The molecule has 3 rings (SSSR count). The van der Waals surface area contributed by atoms with Crippen molar-refractivity contribution in [3.63, 3.8) is 0 Å². The van der Waals surface area contributed by atoms with Crippen LogP contribution in [-0.2, 0) is 6.54 Å². The summed E-state index contributed by atoms with van der Waals surface area (Å²) in [7, 11) is 0. The second kappa shape index (κ2) is 3.91. The maximum Gasteiger partial charge on any atom is 0.0543 e. The Morgan fingerprint density at radius 1 is 1.27 bits per heavy atom. The van der Waals surface area contributed by atoms with Crippen molar-refractivity contribution in [1.82, 2.24) is 15.2 Å². The zero-order valence-corrected chi connectivity index (χ0v) is 8.89. The molecule has 1 aromatic rings. The van der Waals surface area contributed by atoms with E-state index in [1.54, 1.807) is 0 Å². The van der Waals surface area contributed by atoms with Crippen molar-refractivity contribution < 1.29 is 0 Å². The Balaban J connectivity index is 1.62. The molecule has 0 aliphatic carbocycles. The Morgan fingerprint density at radius 3 is 2.73 bits per heavy atom. The van der Waals surface area contributed by atoms with Gasteiger partial charge >= 0.3 is 0 Å². The molecule has 1 aromatic heterocycles. The Bertz CT molecular complexity index is 313. The van der Waals surface area contributed by atoms with Crippen molar-refractivity contribution in [3.05, 3.63) is 30.1 Å². The summed E-state index contributed by atoms with van der Waals surface area (Å²) < 4.78 is 0. The summed E-state index contributed by atoms with van der Waals surface area (Å²) in [5.41, 5.74) is 1.20. The highest BCUT2D eigenvalue weighted by Crippen LogP contribution is 2.26. The third kappa shape index (κ3) is 1.90. The smallest absolute Gasteiger partial charge is 0.0543 e. The van der Waals surface area contributed by atoms with E-state index >= 15 is 0 Å². The van der Waals surface area contributed by atoms with Gasteiger partial charge in [-0.25, -0.2) is 0 Å². The zero-order valence-electron chi connectivity index (χ0n) is 8.89. The van der Waals surface area contributed by atoms with Crippen LogP contribution >= 0.6 is 0 Å². The van der Waals surface area contributed by atoms with E-state index in [1.165, 1.54) is 31.9 Å². The number of aromatic nitrogens is 1. The molecule has 15 heavy (non-hydrogen) atoms. The molecule has 2 aliphatic heterocycles. The molecule has 0 amide bonds. The van der Waals surface area contributed by atoms with Crippen LogP contribution in [0.1, 0.15) is 5.69 Å². The molecular weight excluding hydrogens is 186 g/mol. The summed E-state index contributed by atoms with van der Waals surface area (Å²) in [5, 5.41) is 3.47. The van der Waals surface area contributed by atoms with Crippen LogP contribution in [0.15, 0.2) is 24.4 Å². The highest BCUT2D eigenvalue weighted by Gasteiger charge is 2.35. The van der Waals surface area contributed by atoms with Gasteiger partial charge in [-0.1, -0.05) is 6.07 Å². The Hall–Kier alpha value is -0.930. The van der Waals surface area contributed by atoms with Gasteiger partial charge in [-0.2, -0.15) is 0 Å². The van der Waals surface area contributed by atoms with Crippen LogP contribution in [0.25, 0.3) is 0 Å². The highest BCUT2D eigenvalue weighted by molar-refractivity contribution is 5.04. The highest BCUT2D eigenvalue weighted by atomic mass is 15.2. The molecule has 2 fully saturated rings. The van der Waals surface area contributed by atoms with Crippen LogP contribution in [0.2, 0.25) is 0 Å². The van der Waals surface area contributed by atoms with Crippen molar-refractivity contribution in [3.8, 4) is 0 Å². The molecule has 80 valence electrons. The van der Waals surface area contributed by atoms with Crippen molar-refractivity contribution >= 4 is 0 Å². The quantitative estimate of drug-likeness (QED) is 0.768. The molecule has 0 saturated carbocycles. The van der Waals surface area contributed by atoms with Crippen LogP contribution in [0.5, 0.6) is 0 Å². The van der Waals surface area contributed by atoms with Crippen LogP contribution in [-0.4, -0.2) is 36.1 Å². The third-order valence-electron chi connectivity index (χ3n) is 3.58. The van der Waals surface area contributed by atoms with Gasteiger partial charge in [-0.3, -0.25) is 9.88 Å². The van der Waals surface area contributed by atoms with Gasteiger partial charge in [-0.05, 0) is 37.1 Å². The fraction of sp³-hybridized carbons (Fsp3) is 0.583. The molecule has 0 aromatic carbocycles. The molecule has 2 unspecified atom stereocenters. The van der Waals surface area contributed by atoms with Gasteiger partial charge in [0.05, 0.1) is 5.69 Å². The molecular formula is C12H17N3. The molecule has 3 heteroatoms. The number of hydrogen-bond acceptors (Lipinski definition) is 3. The van der Waals surface area contributed by atoms with Crippen LogP contribution in [0, 0.1) is 11.8 Å². The van der Waals surface area contributed by atoms with E-state index < -0.39 is 0 Å². The van der Waals surface area contributed by atoms with Crippen LogP contribution in [0.3, 0.4) is 0 Å². The Kier molecular flexibility index (Phi) is 2.43. The van der Waals surface area contributed by atoms with E-state index in [4.69, 9.17) is 0 Å². The first kappa shape index (κ1) is 9.31. The molecule has 0 spiro atoms. The SMILES string of the molecule is c1ccc(CN2CC3CNCC3C2)nc1. The van der Waals surface area contributed by atoms with Gasteiger partial charge in [-0.15, -0.1) is 0 Å². The van der Waals surface area contributed by atoms with Crippen molar-refractivity contribution in [2.45, 2.75) is 6.54 Å². The Labute approximate surface area is 90.5 Å². The number of fused-ring (bicyclic) bond motifs is 1. The fourth-order valence-electron chi connectivity index (χ4n) is 2.80. The average Bonchev–Trinajstić information content (AvgIpc) is 2.79. The molecule has 2 aliphatic rings. The lowest BCUT2D eigenvalue weighted by molar-refractivity contribution is 0.302. The van der Waals surface area contributed by atoms with Crippen molar-refractivity contribution in [2.24, 2.45) is 11.8 Å². The standard InChI is InChI=1S/C12H17N3/c1-2-4-14-12(3-1)9-15-7-10-5-13-6-11(10)8-15/h1-4,10-11,13H,5-9H2. The van der Waals surface area contributed by atoms with E-state index in [-0.39, 0.29) is 0 Å². The molecule has 3 heterocycles. The molecule has 2 atom stereocenters. The second-order valence-corrected chi connectivity index (χ2v) is 4.69. The topological polar surface area (TPSA) is 28.2 Å². The zero-order chi connectivity index (χ0) is 10.1. The molecule has 2 saturated heterocycles. The van der Waals surface area contributed by atoms with Crippen LogP contribution < -0.4 is 5.32 Å². The first-order valence-corrected chi connectivity index (χ1v) is 5.75. The van der Waals surface area contributed by atoms with Crippen molar-refractivity contribution in [1.29, 1.82) is 0 Å². The minimum absolute atomic E-state index is 0.883. The number of likely N-dealkylation sites (tertiary alicyclic amines) is 1. The minimum Gasteiger partial charge on any atom is -0.316 e. The number of rotatable bonds is 2. The maximum absolute atomic E-state index is 4.38. The lowest BCUT2D eigenvalue weighted by Gasteiger charge is -2.15. The van der Waals surface area contributed by atoms with Crippen LogP contribution in [0.4, 0.5) is 0 Å². The summed E-state index contributed by atoms with van der Waals surface area (Å²) in [6.07, 6.45) is 1.88. The minimum atomic E-state index is 0.883. The summed E-state index contributed by atoms with van der Waals surface area (Å²) in [6, 6.07) is 6.17. The molecule has 3 nitrogen and oxygen atoms in total. The van der Waals surface area contributed by atoms with E-state index in [0.29, 0.717) is 0 Å². The monoisotopic (exact) mass is 203 g/mol. The predicted octanol–water partition coefficient (Wildman–Crippen LogP) is 0.733. The van der Waals surface area contributed by atoms with Gasteiger partial charge in [0.2, 0.25) is 0 Å². The number of nitrogens with one attached hydrogen (secondary N) is 1. The van der Waals surface area contributed by atoms with E-state index in [2.05, 4.69) is 27.3 Å². The van der Waals surface area contributed by atoms with E-state index in [0.717, 1.165) is 18.4 Å². The summed E-state index contributed by atoms with van der Waals surface area (Å²) in [4.78, 5) is 6.92. The fourth-order valence-corrected chi connectivity index (χ4v) is 2.80. The first-order valence-electron chi connectivity index (χ1n) is 5.75. The van der Waals surface area contributed by atoms with E-state index in [9.17, 15) is 0 Å². The second-order valence-electron chi connectivity index (χ2n) is 4.69. The summed E-state index contributed by atoms with van der Waals surface area (Å²) in [5.74, 6) is 1.77. The van der Waals surface area contributed by atoms with E-state index in [1.807, 2.05) is 12.3 Å². The normalized spacial score (nSPS) is 30.7. The van der Waals surface area contributed by atoms with Crippen molar-refractivity contribution in [2.75, 3.05) is 26.2 Å². The van der Waals surface area contributed by atoms with Gasteiger partial charge in [0.1, 0.15) is 0 Å². The van der Waals surface area contributed by atoms with Gasteiger partial charge in [0.15, 0.2) is 0 Å². The number of nitrogens with zero attached hydrogens (tertiary/aromatic N) is 2. The lowest BCUT2D eigenvalue weighted by atomic mass is 10.0. The maximum atomic E-state index is 4.38. The molecule has 0 bridgehead atoms. The summed E-state index contributed by atoms with van der Waals surface area (Å²) >= 11 is 0. The molecule has 0 radical (unpaired) electrons. The summed E-state index contributed by atoms with van der Waals surface area (Å²) in [6.45, 7) is 5.93. The first-order chi connectivity index (χ1) is 7.42. The number of hydrogen-bond donors (Lipinski definition) is 1. The van der Waals surface area contributed by atoms with Gasteiger partial charge in [0.25, 0.3) is 0 Å². The number of pyridine rings is 1.